The molecule has 0 aromatic heterocycles. The van der Waals surface area contributed by atoms with Gasteiger partial charge in [-0.2, -0.15) is 0 Å². The van der Waals surface area contributed by atoms with Gasteiger partial charge in [0.2, 0.25) is 5.96 Å². The summed E-state index contributed by atoms with van der Waals surface area (Å²) in [5, 5.41) is 5.00. The first-order valence-corrected chi connectivity index (χ1v) is 3.15. The lowest BCUT2D eigenvalue weighted by atomic mass is 10.1. The Balaban J connectivity index is 2.51. The van der Waals surface area contributed by atoms with Gasteiger partial charge in [0.05, 0.1) is 5.54 Å². The Morgan fingerprint density at radius 3 is 2.10 bits per heavy atom. The maximum Gasteiger partial charge on any atom is 0.328 e. The van der Waals surface area contributed by atoms with Crippen molar-refractivity contribution in [1.82, 2.24) is 10.6 Å². The fraction of sp³-hybridized carbons (Fsp3) is 0.667. The van der Waals surface area contributed by atoms with Crippen LogP contribution in [0.25, 0.3) is 0 Å². The second-order valence-corrected chi connectivity index (χ2v) is 3.21. The largest absolute Gasteiger partial charge is 0.328 e. The Hall–Kier alpha value is -1.06. The van der Waals surface area contributed by atoms with Crippen molar-refractivity contribution in [3.8, 4) is 0 Å². The average Bonchev–Trinajstić information content (AvgIpc) is 1.57. The summed E-state index contributed by atoms with van der Waals surface area (Å²) in [7, 11) is 0. The molecule has 1 aliphatic rings. The van der Waals surface area contributed by atoms with Crippen LogP contribution in [-0.2, 0) is 0 Å². The van der Waals surface area contributed by atoms with Crippen LogP contribution >= 0.6 is 0 Å². The van der Waals surface area contributed by atoms with Crippen molar-refractivity contribution < 1.29 is 4.79 Å². The summed E-state index contributed by atoms with van der Waals surface area (Å²) >= 11 is 0. The Bertz CT molecular complexity index is 180. The van der Waals surface area contributed by atoms with Crippen molar-refractivity contribution in [3.05, 3.63) is 0 Å². The van der Waals surface area contributed by atoms with Gasteiger partial charge in [0, 0.05) is 0 Å². The van der Waals surface area contributed by atoms with E-state index in [9.17, 15) is 4.79 Å². The molecule has 0 atom stereocenters. The number of rotatable bonds is 0. The number of nitrogens with one attached hydrogen (secondary N) is 2. The fourth-order valence-electron chi connectivity index (χ4n) is 0.606. The number of guanidine groups is 1. The van der Waals surface area contributed by atoms with Crippen LogP contribution in [0.3, 0.4) is 0 Å². The van der Waals surface area contributed by atoms with Gasteiger partial charge in [-0.3, -0.25) is 10.6 Å². The van der Waals surface area contributed by atoms with Gasteiger partial charge >= 0.3 is 6.03 Å². The van der Waals surface area contributed by atoms with E-state index in [2.05, 4.69) is 15.6 Å². The minimum absolute atomic E-state index is 0.129. The van der Waals surface area contributed by atoms with E-state index in [1.807, 2.05) is 20.8 Å². The van der Waals surface area contributed by atoms with Crippen molar-refractivity contribution in [2.45, 2.75) is 26.3 Å². The maximum absolute atomic E-state index is 10.3. The van der Waals surface area contributed by atoms with Crippen LogP contribution in [0.15, 0.2) is 4.99 Å². The van der Waals surface area contributed by atoms with E-state index >= 15 is 0 Å². The van der Waals surface area contributed by atoms with E-state index in [4.69, 9.17) is 0 Å². The predicted octanol–water partition coefficient (Wildman–Crippen LogP) is 0.454. The molecular weight excluding hydrogens is 130 g/mol. The topological polar surface area (TPSA) is 53.5 Å². The zero-order valence-electron chi connectivity index (χ0n) is 6.36. The molecule has 2 N–H and O–H groups in total. The first-order valence-electron chi connectivity index (χ1n) is 3.15. The van der Waals surface area contributed by atoms with Crippen molar-refractivity contribution in [3.63, 3.8) is 0 Å². The summed E-state index contributed by atoms with van der Waals surface area (Å²) in [6, 6.07) is -0.178. The highest BCUT2D eigenvalue weighted by Crippen LogP contribution is 2.06. The molecule has 4 nitrogen and oxygen atoms in total. The highest BCUT2D eigenvalue weighted by molar-refractivity contribution is 6.14. The normalized spacial score (nSPS) is 17.1. The van der Waals surface area contributed by atoms with Crippen LogP contribution in [0.2, 0.25) is 0 Å². The molecule has 1 rings (SSSR count). The summed E-state index contributed by atoms with van der Waals surface area (Å²) in [5.41, 5.74) is -0.129. The molecule has 0 radical (unpaired) electrons. The van der Waals surface area contributed by atoms with E-state index in [1.165, 1.54) is 0 Å². The molecule has 2 amide bonds. The number of carbonyl (C=O) groups excluding carboxylic acids is 1. The second-order valence-electron chi connectivity index (χ2n) is 3.21. The summed E-state index contributed by atoms with van der Waals surface area (Å²) in [5.74, 6) is 0.567. The lowest BCUT2D eigenvalue weighted by Crippen LogP contribution is -2.60. The van der Waals surface area contributed by atoms with Gasteiger partial charge < -0.3 is 0 Å². The van der Waals surface area contributed by atoms with E-state index in [0.29, 0.717) is 5.96 Å². The Kier molecular flexibility index (Phi) is 1.39. The quantitative estimate of drug-likeness (QED) is 0.505. The van der Waals surface area contributed by atoms with Crippen molar-refractivity contribution >= 4 is 12.0 Å². The summed E-state index contributed by atoms with van der Waals surface area (Å²) < 4.78 is 0. The third-order valence-corrected chi connectivity index (χ3v) is 0.911. The molecule has 10 heavy (non-hydrogen) atoms. The Morgan fingerprint density at radius 1 is 1.30 bits per heavy atom. The monoisotopic (exact) mass is 141 g/mol. The van der Waals surface area contributed by atoms with Crippen LogP contribution in [0, 0.1) is 0 Å². The first-order chi connectivity index (χ1) is 4.47. The number of carbonyl (C=O) groups is 1. The molecule has 1 heterocycles. The summed E-state index contributed by atoms with van der Waals surface area (Å²) in [4.78, 5) is 14.4. The molecule has 0 saturated carbocycles. The van der Waals surface area contributed by atoms with Crippen LogP contribution in [0.5, 0.6) is 0 Å². The van der Waals surface area contributed by atoms with Crippen molar-refractivity contribution in [2.75, 3.05) is 0 Å². The van der Waals surface area contributed by atoms with Crippen LogP contribution in [0.1, 0.15) is 20.8 Å². The third kappa shape index (κ3) is 1.72. The van der Waals surface area contributed by atoms with Gasteiger partial charge in [-0.25, -0.2) is 9.79 Å². The van der Waals surface area contributed by atoms with E-state index in [0.717, 1.165) is 0 Å². The summed E-state index contributed by atoms with van der Waals surface area (Å²) in [6.07, 6.45) is 0. The lowest BCUT2D eigenvalue weighted by Gasteiger charge is -2.22. The minimum Gasteiger partial charge on any atom is -0.278 e. The van der Waals surface area contributed by atoms with E-state index < -0.39 is 0 Å². The van der Waals surface area contributed by atoms with Crippen LogP contribution in [0.4, 0.5) is 4.79 Å². The van der Waals surface area contributed by atoms with Crippen molar-refractivity contribution in [2.24, 2.45) is 4.99 Å². The van der Waals surface area contributed by atoms with E-state index in [1.54, 1.807) is 0 Å². The lowest BCUT2D eigenvalue weighted by molar-refractivity contribution is 0.243. The second kappa shape index (κ2) is 1.97. The molecule has 0 aromatic carbocycles. The number of amides is 2. The molecule has 0 spiro atoms. The number of urea groups is 1. The number of hydrogen-bond acceptors (Lipinski definition) is 2. The molecule has 4 heteroatoms. The number of hydrogen-bond donors (Lipinski definition) is 2. The van der Waals surface area contributed by atoms with E-state index in [-0.39, 0.29) is 11.6 Å². The molecule has 56 valence electrons. The highest BCUT2D eigenvalue weighted by Gasteiger charge is 2.20. The smallest absolute Gasteiger partial charge is 0.278 e. The van der Waals surface area contributed by atoms with Gasteiger partial charge in [0.1, 0.15) is 0 Å². The number of nitrogens with zero attached hydrogens (tertiary/aromatic N) is 1. The molecule has 0 aromatic rings. The standard InChI is InChI=1S/C6H11N3O/c1-6(2,3)9-4-7-5(10)8-4/h1-3H3,(H2,7,8,9,10). The molecule has 1 aliphatic heterocycles. The zero-order chi connectivity index (χ0) is 7.78. The van der Waals surface area contributed by atoms with Crippen LogP contribution in [-0.4, -0.2) is 17.5 Å². The molecule has 0 unspecified atom stereocenters. The predicted molar refractivity (Wildman–Crippen MR) is 38.9 cm³/mol. The number of aliphatic imine (C=N–C) groups is 1. The minimum atomic E-state index is -0.178. The maximum atomic E-state index is 10.3. The molecule has 1 fully saturated rings. The van der Waals surface area contributed by atoms with Gasteiger partial charge in [-0.1, -0.05) is 0 Å². The van der Waals surface area contributed by atoms with Crippen LogP contribution < -0.4 is 10.6 Å². The van der Waals surface area contributed by atoms with Gasteiger partial charge in [0.15, 0.2) is 0 Å². The molecular formula is C6H11N3O. The third-order valence-electron chi connectivity index (χ3n) is 0.911. The fourth-order valence-corrected chi connectivity index (χ4v) is 0.606. The molecule has 0 bridgehead atoms. The first kappa shape index (κ1) is 7.05. The Labute approximate surface area is 59.7 Å². The Morgan fingerprint density at radius 2 is 1.80 bits per heavy atom. The SMILES string of the molecule is CC(C)(C)N=C1NC(=O)N1. The van der Waals surface area contributed by atoms with Gasteiger partial charge in [0.25, 0.3) is 0 Å². The highest BCUT2D eigenvalue weighted by atomic mass is 16.2. The zero-order valence-corrected chi connectivity index (χ0v) is 6.36. The van der Waals surface area contributed by atoms with Crippen molar-refractivity contribution in [1.29, 1.82) is 0 Å². The molecule has 1 saturated heterocycles. The van der Waals surface area contributed by atoms with Gasteiger partial charge in [-0.05, 0) is 20.8 Å². The average molecular weight is 141 g/mol. The van der Waals surface area contributed by atoms with Gasteiger partial charge in [-0.15, -0.1) is 0 Å². The molecule has 0 aliphatic carbocycles. The summed E-state index contributed by atoms with van der Waals surface area (Å²) in [6.45, 7) is 5.89.